The molecule has 2 aromatic rings. The first-order valence-corrected chi connectivity index (χ1v) is 8.07. The fourth-order valence-corrected chi connectivity index (χ4v) is 2.52. The summed E-state index contributed by atoms with van der Waals surface area (Å²) in [6.45, 7) is 0. The average Bonchev–Trinajstić information content (AvgIpc) is 2.69. The molecule has 1 fully saturated rings. The molecular formula is C19H14FN3O5. The normalized spacial score (nSPS) is 17.0. The van der Waals surface area contributed by atoms with Gasteiger partial charge in [0.15, 0.2) is 5.92 Å². The van der Waals surface area contributed by atoms with E-state index in [1.165, 1.54) is 43.5 Å². The topological polar surface area (TPSA) is 105 Å². The Morgan fingerprint density at radius 1 is 1.11 bits per heavy atom. The van der Waals surface area contributed by atoms with E-state index in [4.69, 9.17) is 0 Å². The number of imide groups is 2. The van der Waals surface area contributed by atoms with Crippen LogP contribution in [0, 0.1) is 11.7 Å². The number of barbiturate groups is 1. The van der Waals surface area contributed by atoms with Crippen LogP contribution < -0.4 is 10.2 Å². The second-order valence-corrected chi connectivity index (χ2v) is 5.74. The van der Waals surface area contributed by atoms with Crippen LogP contribution in [0.4, 0.5) is 20.6 Å². The van der Waals surface area contributed by atoms with Gasteiger partial charge in [0.2, 0.25) is 5.91 Å². The number of nitrogens with one attached hydrogen (secondary N) is 1. The number of aliphatic imine (C=N–C) groups is 1. The summed E-state index contributed by atoms with van der Waals surface area (Å²) < 4.78 is 17.7. The molecule has 1 heterocycles. The lowest BCUT2D eigenvalue weighted by atomic mass is 10.1. The van der Waals surface area contributed by atoms with Gasteiger partial charge in [-0.3, -0.25) is 19.9 Å². The van der Waals surface area contributed by atoms with Gasteiger partial charge >= 0.3 is 12.0 Å². The van der Waals surface area contributed by atoms with Crippen LogP contribution >= 0.6 is 0 Å². The van der Waals surface area contributed by atoms with Crippen LogP contribution in [0.5, 0.6) is 0 Å². The number of urea groups is 1. The number of amides is 4. The number of carbonyl (C=O) groups excluding carboxylic acids is 4. The van der Waals surface area contributed by atoms with Gasteiger partial charge in [-0.25, -0.2) is 18.9 Å². The minimum atomic E-state index is -1.34. The van der Waals surface area contributed by atoms with Gasteiger partial charge in [0.1, 0.15) is 5.82 Å². The molecule has 0 spiro atoms. The van der Waals surface area contributed by atoms with Crippen molar-refractivity contribution in [3.63, 3.8) is 0 Å². The zero-order valence-electron chi connectivity index (χ0n) is 14.6. The number of hydrogen-bond acceptors (Lipinski definition) is 6. The van der Waals surface area contributed by atoms with Crippen LogP contribution in [-0.4, -0.2) is 37.1 Å². The van der Waals surface area contributed by atoms with Gasteiger partial charge in [-0.15, -0.1) is 0 Å². The van der Waals surface area contributed by atoms with E-state index in [0.717, 1.165) is 23.2 Å². The largest absolute Gasteiger partial charge is 0.465 e. The monoisotopic (exact) mass is 383 g/mol. The summed E-state index contributed by atoms with van der Waals surface area (Å²) in [5.41, 5.74) is 0.830. The van der Waals surface area contributed by atoms with Crippen molar-refractivity contribution in [2.45, 2.75) is 0 Å². The molecule has 0 radical (unpaired) electrons. The molecule has 0 bridgehead atoms. The first-order chi connectivity index (χ1) is 13.4. The fraction of sp³-hybridized carbons (Fsp3) is 0.105. The summed E-state index contributed by atoms with van der Waals surface area (Å²) in [5.74, 6) is -4.01. The van der Waals surface area contributed by atoms with Gasteiger partial charge in [0, 0.05) is 6.21 Å². The summed E-state index contributed by atoms with van der Waals surface area (Å²) in [5, 5.41) is 2.07. The average molecular weight is 383 g/mol. The lowest BCUT2D eigenvalue weighted by Crippen LogP contribution is -2.58. The smallest absolute Gasteiger partial charge is 0.337 e. The second kappa shape index (κ2) is 7.78. The van der Waals surface area contributed by atoms with Crippen molar-refractivity contribution >= 4 is 41.4 Å². The predicted molar refractivity (Wildman–Crippen MR) is 96.8 cm³/mol. The summed E-state index contributed by atoms with van der Waals surface area (Å²) in [7, 11) is 1.26. The van der Waals surface area contributed by atoms with Crippen LogP contribution in [0.15, 0.2) is 53.5 Å². The third-order valence-electron chi connectivity index (χ3n) is 3.95. The highest BCUT2D eigenvalue weighted by molar-refractivity contribution is 6.32. The van der Waals surface area contributed by atoms with Gasteiger partial charge in [-0.05, 0) is 48.5 Å². The lowest BCUT2D eigenvalue weighted by Gasteiger charge is -2.28. The van der Waals surface area contributed by atoms with Crippen LogP contribution in [0.25, 0.3) is 0 Å². The molecule has 0 aliphatic carbocycles. The third kappa shape index (κ3) is 3.78. The second-order valence-electron chi connectivity index (χ2n) is 5.74. The van der Waals surface area contributed by atoms with E-state index < -0.39 is 35.5 Å². The highest BCUT2D eigenvalue weighted by Gasteiger charge is 2.40. The number of hydrogen-bond donors (Lipinski definition) is 1. The highest BCUT2D eigenvalue weighted by atomic mass is 19.1. The van der Waals surface area contributed by atoms with Crippen molar-refractivity contribution < 1.29 is 28.3 Å². The van der Waals surface area contributed by atoms with Crippen LogP contribution in [0.1, 0.15) is 10.4 Å². The Balaban J connectivity index is 1.82. The Kier molecular flexibility index (Phi) is 5.25. The summed E-state index contributed by atoms with van der Waals surface area (Å²) in [6.07, 6.45) is 1.10. The molecule has 2 aromatic carbocycles. The van der Waals surface area contributed by atoms with Crippen molar-refractivity contribution in [1.82, 2.24) is 5.32 Å². The zero-order chi connectivity index (χ0) is 20.3. The van der Waals surface area contributed by atoms with E-state index in [2.05, 4.69) is 15.0 Å². The first-order valence-electron chi connectivity index (χ1n) is 8.07. The lowest BCUT2D eigenvalue weighted by molar-refractivity contribution is -0.131. The fourth-order valence-electron chi connectivity index (χ4n) is 2.52. The number of ether oxygens (including phenoxy) is 1. The van der Waals surface area contributed by atoms with Crippen molar-refractivity contribution in [3.05, 3.63) is 59.9 Å². The SMILES string of the molecule is COC(=O)c1ccc(N=CC2C(=O)NC(=O)N(c3ccc(F)cc3)C2=O)cc1. The number of benzene rings is 2. The maximum absolute atomic E-state index is 13.1. The Labute approximate surface area is 158 Å². The molecule has 1 aliphatic rings. The Morgan fingerprint density at radius 3 is 2.36 bits per heavy atom. The molecule has 28 heavy (non-hydrogen) atoms. The highest BCUT2D eigenvalue weighted by Crippen LogP contribution is 2.21. The molecule has 3 rings (SSSR count). The molecule has 1 saturated heterocycles. The summed E-state index contributed by atoms with van der Waals surface area (Å²) in [6, 6.07) is 9.76. The first kappa shape index (κ1) is 18.9. The summed E-state index contributed by atoms with van der Waals surface area (Å²) in [4.78, 5) is 53.0. The molecule has 0 saturated carbocycles. The van der Waals surface area contributed by atoms with E-state index in [0.29, 0.717) is 11.3 Å². The summed E-state index contributed by atoms with van der Waals surface area (Å²) >= 11 is 0. The predicted octanol–water partition coefficient (Wildman–Crippen LogP) is 2.21. The van der Waals surface area contributed by atoms with Crippen molar-refractivity contribution in [3.8, 4) is 0 Å². The maximum atomic E-state index is 13.1. The molecule has 1 unspecified atom stereocenters. The Hall–Kier alpha value is -3.88. The van der Waals surface area contributed by atoms with Crippen LogP contribution in [0.2, 0.25) is 0 Å². The molecule has 1 aliphatic heterocycles. The molecule has 9 heteroatoms. The number of esters is 1. The molecular weight excluding hydrogens is 369 g/mol. The van der Waals surface area contributed by atoms with Crippen LogP contribution in [-0.2, 0) is 14.3 Å². The molecule has 1 N–H and O–H groups in total. The number of carbonyl (C=O) groups is 4. The Bertz CT molecular complexity index is 970. The van der Waals surface area contributed by atoms with Gasteiger partial charge in [0.05, 0.1) is 24.0 Å². The molecule has 0 aromatic heterocycles. The number of halogens is 1. The van der Waals surface area contributed by atoms with E-state index in [-0.39, 0.29) is 5.69 Å². The molecule has 1 atom stereocenters. The molecule has 4 amide bonds. The number of anilines is 1. The third-order valence-corrected chi connectivity index (χ3v) is 3.95. The van der Waals surface area contributed by atoms with Gasteiger partial charge in [-0.1, -0.05) is 0 Å². The van der Waals surface area contributed by atoms with Gasteiger partial charge in [-0.2, -0.15) is 0 Å². The molecule has 142 valence electrons. The van der Waals surface area contributed by atoms with Crippen molar-refractivity contribution in [2.75, 3.05) is 12.0 Å². The van der Waals surface area contributed by atoms with E-state index in [9.17, 15) is 23.6 Å². The van der Waals surface area contributed by atoms with Crippen molar-refractivity contribution in [2.24, 2.45) is 10.9 Å². The minimum absolute atomic E-state index is 0.122. The Morgan fingerprint density at radius 2 is 1.75 bits per heavy atom. The maximum Gasteiger partial charge on any atom is 0.337 e. The number of rotatable bonds is 4. The minimum Gasteiger partial charge on any atom is -0.465 e. The standard InChI is InChI=1S/C19H14FN3O5/c1-28-18(26)11-2-6-13(7-3-11)21-10-15-16(24)22-19(27)23(17(15)25)14-8-4-12(20)5-9-14/h2-10,15H,1H3,(H,22,24,27). The van der Waals surface area contributed by atoms with E-state index >= 15 is 0 Å². The quantitative estimate of drug-likeness (QED) is 0.495. The zero-order valence-corrected chi connectivity index (χ0v) is 14.6. The van der Waals surface area contributed by atoms with Gasteiger partial charge in [0.25, 0.3) is 5.91 Å². The van der Waals surface area contributed by atoms with Crippen molar-refractivity contribution in [1.29, 1.82) is 0 Å². The van der Waals surface area contributed by atoms with Crippen LogP contribution in [0.3, 0.4) is 0 Å². The van der Waals surface area contributed by atoms with Gasteiger partial charge < -0.3 is 4.74 Å². The molecule has 8 nitrogen and oxygen atoms in total. The van der Waals surface area contributed by atoms with E-state index in [1.807, 2.05) is 0 Å². The van der Waals surface area contributed by atoms with E-state index in [1.54, 1.807) is 0 Å². The number of methoxy groups -OCH3 is 1. The number of nitrogens with zero attached hydrogens (tertiary/aromatic N) is 2.